The molecule has 0 bridgehead atoms. The van der Waals surface area contributed by atoms with Crippen LogP contribution in [0.5, 0.6) is 5.75 Å². The number of nitrogens with one attached hydrogen (secondary N) is 3. The van der Waals surface area contributed by atoms with Crippen molar-refractivity contribution in [1.29, 1.82) is 0 Å². The maximum absolute atomic E-state index is 12.2. The molecule has 0 aliphatic carbocycles. The molecule has 2 aromatic rings. The number of hydrogen-bond donors (Lipinski definition) is 3. The van der Waals surface area contributed by atoms with Crippen molar-refractivity contribution in [2.45, 2.75) is 19.8 Å². The fourth-order valence-electron chi connectivity index (χ4n) is 2.42. The number of carbonyl (C=O) groups excluding carboxylic acids is 2. The lowest BCUT2D eigenvalue weighted by molar-refractivity contribution is -0.116. The number of ether oxygens (including phenoxy) is 2. The quantitative estimate of drug-likeness (QED) is 0.515. The average Bonchev–Trinajstić information content (AvgIpc) is 2.68. The average molecular weight is 385 g/mol. The minimum atomic E-state index is -0.172. The number of methoxy groups -OCH3 is 1. The Bertz CT molecular complexity index is 763. The third-order valence-electron chi connectivity index (χ3n) is 3.77. The van der Waals surface area contributed by atoms with Gasteiger partial charge in [-0.2, -0.15) is 0 Å². The molecule has 0 spiro atoms. The highest BCUT2D eigenvalue weighted by Crippen LogP contribution is 2.17. The van der Waals surface area contributed by atoms with Gasteiger partial charge in [-0.1, -0.05) is 13.0 Å². The van der Waals surface area contributed by atoms with Gasteiger partial charge in [-0.05, 0) is 42.8 Å². The molecule has 150 valence electrons. The summed E-state index contributed by atoms with van der Waals surface area (Å²) in [5, 5.41) is 8.70. The van der Waals surface area contributed by atoms with Crippen molar-refractivity contribution < 1.29 is 19.1 Å². The molecule has 7 nitrogen and oxygen atoms in total. The molecule has 2 amide bonds. The zero-order valence-corrected chi connectivity index (χ0v) is 16.3. The van der Waals surface area contributed by atoms with E-state index in [4.69, 9.17) is 9.47 Å². The molecule has 7 heteroatoms. The summed E-state index contributed by atoms with van der Waals surface area (Å²) in [5.41, 5.74) is 2.19. The first-order chi connectivity index (χ1) is 13.6. The van der Waals surface area contributed by atoms with Gasteiger partial charge in [0.1, 0.15) is 12.4 Å². The van der Waals surface area contributed by atoms with E-state index < -0.39 is 0 Å². The molecular weight excluding hydrogens is 358 g/mol. The van der Waals surface area contributed by atoms with Crippen molar-refractivity contribution in [2.24, 2.45) is 0 Å². The van der Waals surface area contributed by atoms with E-state index in [1.54, 1.807) is 31.4 Å². The second-order valence-corrected chi connectivity index (χ2v) is 6.15. The minimum absolute atomic E-state index is 0.00369. The highest BCUT2D eigenvalue weighted by Gasteiger charge is 2.05. The molecule has 0 aliphatic rings. The molecule has 0 saturated heterocycles. The molecule has 28 heavy (non-hydrogen) atoms. The predicted octanol–water partition coefficient (Wildman–Crippen LogP) is 3.50. The van der Waals surface area contributed by atoms with E-state index in [1.165, 1.54) is 0 Å². The molecule has 0 fully saturated rings. The Morgan fingerprint density at radius 1 is 0.893 bits per heavy atom. The van der Waals surface area contributed by atoms with Crippen LogP contribution in [0.25, 0.3) is 0 Å². The molecule has 0 saturated carbocycles. The lowest BCUT2D eigenvalue weighted by Crippen LogP contribution is -2.21. The summed E-state index contributed by atoms with van der Waals surface area (Å²) in [6.45, 7) is 3.03. The van der Waals surface area contributed by atoms with Gasteiger partial charge in [-0.15, -0.1) is 0 Å². The highest BCUT2D eigenvalue weighted by atomic mass is 16.5. The molecule has 0 atom stereocenters. The van der Waals surface area contributed by atoms with Gasteiger partial charge in [0.05, 0.1) is 13.2 Å². The van der Waals surface area contributed by atoms with Crippen molar-refractivity contribution in [3.63, 3.8) is 0 Å². The Hall–Kier alpha value is -3.06. The molecule has 0 heterocycles. The van der Waals surface area contributed by atoms with Gasteiger partial charge in [-0.3, -0.25) is 9.59 Å². The van der Waals surface area contributed by atoms with E-state index >= 15 is 0 Å². The minimum Gasteiger partial charge on any atom is -0.491 e. The van der Waals surface area contributed by atoms with Crippen molar-refractivity contribution >= 4 is 28.9 Å². The van der Waals surface area contributed by atoms with E-state index in [1.807, 2.05) is 31.2 Å². The second-order valence-electron chi connectivity index (χ2n) is 6.15. The van der Waals surface area contributed by atoms with Gasteiger partial charge >= 0.3 is 0 Å². The number of anilines is 3. The Morgan fingerprint density at radius 3 is 2.32 bits per heavy atom. The monoisotopic (exact) mass is 385 g/mol. The maximum atomic E-state index is 12.2. The van der Waals surface area contributed by atoms with E-state index in [0.717, 1.165) is 17.8 Å². The van der Waals surface area contributed by atoms with Gasteiger partial charge in [-0.25, -0.2) is 0 Å². The van der Waals surface area contributed by atoms with Crippen LogP contribution in [0.1, 0.15) is 19.8 Å². The zero-order valence-electron chi connectivity index (χ0n) is 16.3. The van der Waals surface area contributed by atoms with Crippen LogP contribution in [0.4, 0.5) is 17.1 Å². The summed E-state index contributed by atoms with van der Waals surface area (Å²) in [7, 11) is 1.61. The lowest BCUT2D eigenvalue weighted by Gasteiger charge is -2.10. The van der Waals surface area contributed by atoms with Crippen LogP contribution in [0.3, 0.4) is 0 Å². The Kier molecular flexibility index (Phi) is 8.81. The first-order valence-electron chi connectivity index (χ1n) is 9.26. The third kappa shape index (κ3) is 7.67. The molecule has 0 aliphatic heterocycles. The summed E-state index contributed by atoms with van der Waals surface area (Å²) in [4.78, 5) is 23.7. The molecular formula is C21H27N3O4. The zero-order chi connectivity index (χ0) is 20.2. The van der Waals surface area contributed by atoms with Crippen LogP contribution in [0, 0.1) is 0 Å². The normalized spacial score (nSPS) is 10.2. The van der Waals surface area contributed by atoms with Crippen molar-refractivity contribution in [3.05, 3.63) is 48.5 Å². The summed E-state index contributed by atoms with van der Waals surface area (Å²) in [5.74, 6) is 0.494. The van der Waals surface area contributed by atoms with Crippen LogP contribution in [0.15, 0.2) is 48.5 Å². The standard InChI is InChI=1S/C21H27N3O4/c1-3-5-20(25)23-17-10-8-16(9-11-17)22-15-21(26)24-18-6-4-7-19(14-18)28-13-12-27-2/h4,6-11,14,22H,3,5,12-13,15H2,1-2H3,(H,23,25)(H,24,26). The van der Waals surface area contributed by atoms with Crippen molar-refractivity contribution in [1.82, 2.24) is 0 Å². The van der Waals surface area contributed by atoms with Crippen LogP contribution in [-0.4, -0.2) is 38.7 Å². The summed E-state index contributed by atoms with van der Waals surface area (Å²) in [6.07, 6.45) is 1.31. The number of benzene rings is 2. The van der Waals surface area contributed by atoms with Crippen molar-refractivity contribution in [3.8, 4) is 5.75 Å². The van der Waals surface area contributed by atoms with Crippen LogP contribution < -0.4 is 20.7 Å². The maximum Gasteiger partial charge on any atom is 0.243 e. The Balaban J connectivity index is 1.79. The molecule has 0 unspecified atom stereocenters. The summed E-state index contributed by atoms with van der Waals surface area (Å²) >= 11 is 0. The molecule has 3 N–H and O–H groups in total. The van der Waals surface area contributed by atoms with Gasteiger partial charge in [0.25, 0.3) is 0 Å². The topological polar surface area (TPSA) is 88.7 Å². The lowest BCUT2D eigenvalue weighted by atomic mass is 10.2. The number of rotatable bonds is 11. The van der Waals surface area contributed by atoms with Crippen LogP contribution in [-0.2, 0) is 14.3 Å². The van der Waals surface area contributed by atoms with Gasteiger partial charge < -0.3 is 25.4 Å². The number of hydrogen-bond acceptors (Lipinski definition) is 5. The third-order valence-corrected chi connectivity index (χ3v) is 3.77. The van der Waals surface area contributed by atoms with E-state index in [0.29, 0.717) is 31.1 Å². The number of amides is 2. The second kappa shape index (κ2) is 11.6. The summed E-state index contributed by atoms with van der Waals surface area (Å²) in [6, 6.07) is 14.4. The van der Waals surface area contributed by atoms with E-state index in [2.05, 4.69) is 16.0 Å². The van der Waals surface area contributed by atoms with Gasteiger partial charge in [0, 0.05) is 36.7 Å². The first-order valence-corrected chi connectivity index (χ1v) is 9.26. The Morgan fingerprint density at radius 2 is 1.61 bits per heavy atom. The fourth-order valence-corrected chi connectivity index (χ4v) is 2.42. The molecule has 2 rings (SSSR count). The van der Waals surface area contributed by atoms with E-state index in [9.17, 15) is 9.59 Å². The summed E-state index contributed by atoms with van der Waals surface area (Å²) < 4.78 is 10.5. The van der Waals surface area contributed by atoms with Gasteiger partial charge in [0.15, 0.2) is 0 Å². The fraction of sp³-hybridized carbons (Fsp3) is 0.333. The molecule has 0 radical (unpaired) electrons. The van der Waals surface area contributed by atoms with Gasteiger partial charge in [0.2, 0.25) is 11.8 Å². The Labute approximate surface area is 165 Å². The molecule has 2 aromatic carbocycles. The largest absolute Gasteiger partial charge is 0.491 e. The van der Waals surface area contributed by atoms with Crippen molar-refractivity contribution in [2.75, 3.05) is 42.8 Å². The molecule has 0 aromatic heterocycles. The SMILES string of the molecule is CCCC(=O)Nc1ccc(NCC(=O)Nc2cccc(OCCOC)c2)cc1. The smallest absolute Gasteiger partial charge is 0.243 e. The van der Waals surface area contributed by atoms with E-state index in [-0.39, 0.29) is 18.4 Å². The van der Waals surface area contributed by atoms with Crippen LogP contribution >= 0.6 is 0 Å². The predicted molar refractivity (Wildman–Crippen MR) is 111 cm³/mol. The van der Waals surface area contributed by atoms with Crippen LogP contribution in [0.2, 0.25) is 0 Å². The highest BCUT2D eigenvalue weighted by molar-refractivity contribution is 5.94. The first kappa shape index (κ1) is 21.2. The number of carbonyl (C=O) groups is 2.